The van der Waals surface area contributed by atoms with Crippen LogP contribution in [0.1, 0.15) is 22.3 Å². The summed E-state index contributed by atoms with van der Waals surface area (Å²) in [5.74, 6) is 0. The van der Waals surface area contributed by atoms with E-state index in [2.05, 4.69) is 4.90 Å². The SMILES string of the molecule is COCCCN(C)c1ccc(C=O)c(C)c1. The fraction of sp³-hybridized carbons (Fsp3) is 0.462. The number of hydrogen-bond donors (Lipinski definition) is 0. The molecule has 88 valence electrons. The third-order valence-electron chi connectivity index (χ3n) is 2.66. The van der Waals surface area contributed by atoms with Crippen LogP contribution in [0.2, 0.25) is 0 Å². The van der Waals surface area contributed by atoms with E-state index in [9.17, 15) is 4.79 Å². The second-order valence-corrected chi connectivity index (χ2v) is 3.93. The number of benzene rings is 1. The van der Waals surface area contributed by atoms with Crippen LogP contribution >= 0.6 is 0 Å². The van der Waals surface area contributed by atoms with E-state index >= 15 is 0 Å². The Labute approximate surface area is 97.0 Å². The van der Waals surface area contributed by atoms with E-state index in [4.69, 9.17) is 4.74 Å². The molecule has 3 heteroatoms. The lowest BCUT2D eigenvalue weighted by molar-refractivity contribution is 0.112. The topological polar surface area (TPSA) is 29.5 Å². The summed E-state index contributed by atoms with van der Waals surface area (Å²) < 4.78 is 5.02. The van der Waals surface area contributed by atoms with Crippen LogP contribution in [0.5, 0.6) is 0 Å². The molecule has 0 spiro atoms. The van der Waals surface area contributed by atoms with Gasteiger partial charge >= 0.3 is 0 Å². The molecule has 0 aromatic heterocycles. The smallest absolute Gasteiger partial charge is 0.150 e. The number of rotatable bonds is 6. The summed E-state index contributed by atoms with van der Waals surface area (Å²) in [6.45, 7) is 3.68. The number of methoxy groups -OCH3 is 1. The van der Waals surface area contributed by atoms with Crippen molar-refractivity contribution >= 4 is 12.0 Å². The molecule has 0 atom stereocenters. The first kappa shape index (κ1) is 12.7. The summed E-state index contributed by atoms with van der Waals surface area (Å²) in [6, 6.07) is 5.88. The molecule has 16 heavy (non-hydrogen) atoms. The average molecular weight is 221 g/mol. The van der Waals surface area contributed by atoms with Gasteiger partial charge in [0.15, 0.2) is 0 Å². The summed E-state index contributed by atoms with van der Waals surface area (Å²) in [6.07, 6.45) is 1.89. The molecule has 0 saturated heterocycles. The standard InChI is InChI=1S/C13H19NO2/c1-11-9-13(6-5-12(11)10-15)14(2)7-4-8-16-3/h5-6,9-10H,4,7-8H2,1-3H3. The number of aryl methyl sites for hydroxylation is 1. The van der Waals surface area contributed by atoms with Gasteiger partial charge in [-0.05, 0) is 37.1 Å². The highest BCUT2D eigenvalue weighted by atomic mass is 16.5. The van der Waals surface area contributed by atoms with E-state index in [-0.39, 0.29) is 0 Å². The van der Waals surface area contributed by atoms with E-state index in [0.717, 1.165) is 42.7 Å². The van der Waals surface area contributed by atoms with Crippen molar-refractivity contribution in [1.82, 2.24) is 0 Å². The minimum atomic E-state index is 0.758. The largest absolute Gasteiger partial charge is 0.385 e. The Kier molecular flexibility index (Phi) is 4.99. The van der Waals surface area contributed by atoms with Crippen LogP contribution in [0.15, 0.2) is 18.2 Å². The Morgan fingerprint density at radius 2 is 2.19 bits per heavy atom. The van der Waals surface area contributed by atoms with Crippen molar-refractivity contribution in [3.05, 3.63) is 29.3 Å². The van der Waals surface area contributed by atoms with Gasteiger partial charge in [-0.1, -0.05) is 0 Å². The molecule has 1 aromatic rings. The quantitative estimate of drug-likeness (QED) is 0.545. The highest BCUT2D eigenvalue weighted by molar-refractivity contribution is 5.78. The van der Waals surface area contributed by atoms with Crippen LogP contribution in [0, 0.1) is 6.92 Å². The first-order valence-electron chi connectivity index (χ1n) is 5.45. The third kappa shape index (κ3) is 3.35. The first-order chi connectivity index (χ1) is 7.69. The average Bonchev–Trinajstić information content (AvgIpc) is 2.29. The lowest BCUT2D eigenvalue weighted by atomic mass is 10.1. The van der Waals surface area contributed by atoms with Crippen LogP contribution in [-0.4, -0.2) is 33.6 Å². The molecule has 0 fully saturated rings. The van der Waals surface area contributed by atoms with E-state index in [1.165, 1.54) is 0 Å². The molecule has 0 aliphatic heterocycles. The van der Waals surface area contributed by atoms with Crippen molar-refractivity contribution in [3.63, 3.8) is 0 Å². The lowest BCUT2D eigenvalue weighted by Crippen LogP contribution is -2.19. The van der Waals surface area contributed by atoms with Gasteiger partial charge in [0.25, 0.3) is 0 Å². The second-order valence-electron chi connectivity index (χ2n) is 3.93. The maximum absolute atomic E-state index is 10.7. The molecule has 0 saturated carbocycles. The van der Waals surface area contributed by atoms with Crippen LogP contribution < -0.4 is 4.90 Å². The van der Waals surface area contributed by atoms with Crippen molar-refractivity contribution in [3.8, 4) is 0 Å². The van der Waals surface area contributed by atoms with Gasteiger partial charge in [0.1, 0.15) is 6.29 Å². The molecule has 1 aromatic carbocycles. The third-order valence-corrected chi connectivity index (χ3v) is 2.66. The molecule has 0 aliphatic carbocycles. The molecule has 1 rings (SSSR count). The molecule has 0 heterocycles. The predicted molar refractivity (Wildman–Crippen MR) is 66.3 cm³/mol. The fourth-order valence-corrected chi connectivity index (χ4v) is 1.60. The highest BCUT2D eigenvalue weighted by Crippen LogP contribution is 2.17. The predicted octanol–water partition coefficient (Wildman–Crippen LogP) is 2.28. The summed E-state index contributed by atoms with van der Waals surface area (Å²) >= 11 is 0. The zero-order valence-corrected chi connectivity index (χ0v) is 10.2. The fourth-order valence-electron chi connectivity index (χ4n) is 1.60. The van der Waals surface area contributed by atoms with Gasteiger partial charge < -0.3 is 9.64 Å². The van der Waals surface area contributed by atoms with Gasteiger partial charge in [-0.15, -0.1) is 0 Å². The molecule has 3 nitrogen and oxygen atoms in total. The maximum Gasteiger partial charge on any atom is 0.150 e. The number of carbonyl (C=O) groups excluding carboxylic acids is 1. The Morgan fingerprint density at radius 1 is 1.44 bits per heavy atom. The maximum atomic E-state index is 10.7. The van der Waals surface area contributed by atoms with Gasteiger partial charge in [0.2, 0.25) is 0 Å². The number of hydrogen-bond acceptors (Lipinski definition) is 3. The van der Waals surface area contributed by atoms with Crippen molar-refractivity contribution in [2.24, 2.45) is 0 Å². The van der Waals surface area contributed by atoms with Gasteiger partial charge in [0.05, 0.1) is 0 Å². The summed E-state index contributed by atoms with van der Waals surface area (Å²) in [4.78, 5) is 12.9. The Bertz CT molecular complexity index is 350. The molecule has 0 amide bonds. The van der Waals surface area contributed by atoms with Crippen molar-refractivity contribution in [2.75, 3.05) is 32.2 Å². The van der Waals surface area contributed by atoms with Gasteiger partial charge in [-0.3, -0.25) is 4.79 Å². The minimum absolute atomic E-state index is 0.758. The number of ether oxygens (including phenoxy) is 1. The summed E-state index contributed by atoms with van der Waals surface area (Å²) in [7, 11) is 3.76. The highest BCUT2D eigenvalue weighted by Gasteiger charge is 2.03. The Morgan fingerprint density at radius 3 is 2.75 bits per heavy atom. The molecule has 0 bridgehead atoms. The van der Waals surface area contributed by atoms with Crippen LogP contribution in [-0.2, 0) is 4.74 Å². The van der Waals surface area contributed by atoms with Crippen molar-refractivity contribution in [1.29, 1.82) is 0 Å². The molecule has 0 unspecified atom stereocenters. The Balaban J connectivity index is 2.65. The lowest BCUT2D eigenvalue weighted by Gasteiger charge is -2.19. The normalized spacial score (nSPS) is 10.2. The summed E-state index contributed by atoms with van der Waals surface area (Å²) in [5.41, 5.74) is 2.92. The van der Waals surface area contributed by atoms with Crippen LogP contribution in [0.3, 0.4) is 0 Å². The number of carbonyl (C=O) groups is 1. The Hall–Kier alpha value is -1.35. The van der Waals surface area contributed by atoms with Crippen molar-refractivity contribution < 1.29 is 9.53 Å². The summed E-state index contributed by atoms with van der Waals surface area (Å²) in [5, 5.41) is 0. The van der Waals surface area contributed by atoms with E-state index in [1.54, 1.807) is 7.11 Å². The molecule has 0 aliphatic rings. The molecule has 0 N–H and O–H groups in total. The zero-order chi connectivity index (χ0) is 12.0. The van der Waals surface area contributed by atoms with Crippen molar-refractivity contribution in [2.45, 2.75) is 13.3 Å². The van der Waals surface area contributed by atoms with Gasteiger partial charge in [0, 0.05) is 38.6 Å². The van der Waals surface area contributed by atoms with Gasteiger partial charge in [-0.2, -0.15) is 0 Å². The van der Waals surface area contributed by atoms with Gasteiger partial charge in [-0.25, -0.2) is 0 Å². The van der Waals surface area contributed by atoms with E-state index in [0.29, 0.717) is 0 Å². The second kappa shape index (κ2) is 6.28. The number of nitrogens with zero attached hydrogens (tertiary/aromatic N) is 1. The zero-order valence-electron chi connectivity index (χ0n) is 10.2. The molecule has 0 radical (unpaired) electrons. The molecular formula is C13H19NO2. The van der Waals surface area contributed by atoms with Crippen LogP contribution in [0.4, 0.5) is 5.69 Å². The van der Waals surface area contributed by atoms with E-state index < -0.39 is 0 Å². The number of anilines is 1. The first-order valence-corrected chi connectivity index (χ1v) is 5.45. The monoisotopic (exact) mass is 221 g/mol. The minimum Gasteiger partial charge on any atom is -0.385 e. The molecular weight excluding hydrogens is 202 g/mol. The van der Waals surface area contributed by atoms with Crippen LogP contribution in [0.25, 0.3) is 0 Å². The number of aldehydes is 1. The van der Waals surface area contributed by atoms with E-state index in [1.807, 2.05) is 32.2 Å².